The normalized spacial score (nSPS) is 15.9. The second-order valence-electron chi connectivity index (χ2n) is 5.75. The number of methoxy groups -OCH3 is 1. The van der Waals surface area contributed by atoms with Gasteiger partial charge in [-0.3, -0.25) is 4.79 Å². The molecule has 2 amide bonds. The number of nitrogens with zero attached hydrogens (tertiary/aromatic N) is 2. The van der Waals surface area contributed by atoms with Gasteiger partial charge in [-0.05, 0) is 18.6 Å². The molecule has 0 bridgehead atoms. The van der Waals surface area contributed by atoms with Crippen LogP contribution in [-0.4, -0.2) is 56.7 Å². The number of amides is 2. The van der Waals surface area contributed by atoms with Crippen molar-refractivity contribution in [3.05, 3.63) is 30.3 Å². The molecule has 0 spiro atoms. The van der Waals surface area contributed by atoms with Crippen molar-refractivity contribution < 1.29 is 14.3 Å². The van der Waals surface area contributed by atoms with Gasteiger partial charge in [0.1, 0.15) is 0 Å². The molecule has 1 aromatic carbocycles. The van der Waals surface area contributed by atoms with Gasteiger partial charge in [-0.25, -0.2) is 4.79 Å². The Kier molecular flexibility index (Phi) is 6.26. The summed E-state index contributed by atoms with van der Waals surface area (Å²) in [5.41, 5.74) is 1.19. The van der Waals surface area contributed by atoms with Gasteiger partial charge in [0.05, 0.1) is 13.0 Å². The molecule has 2 rings (SSSR count). The quantitative estimate of drug-likeness (QED) is 0.840. The Morgan fingerprint density at radius 1 is 1.17 bits per heavy atom. The first-order valence-electron chi connectivity index (χ1n) is 8.02. The summed E-state index contributed by atoms with van der Waals surface area (Å²) in [6.45, 7) is 5.34. The smallest absolute Gasteiger partial charge is 0.317 e. The Balaban J connectivity index is 1.70. The van der Waals surface area contributed by atoms with Crippen molar-refractivity contribution >= 4 is 17.7 Å². The second kappa shape index (κ2) is 8.41. The molecule has 0 saturated carbocycles. The van der Waals surface area contributed by atoms with E-state index < -0.39 is 0 Å². The number of hydrogen-bond acceptors (Lipinski definition) is 4. The number of hydrogen-bond donors (Lipinski definition) is 1. The first-order chi connectivity index (χ1) is 11.1. The molecule has 1 aliphatic rings. The number of rotatable bonds is 5. The van der Waals surface area contributed by atoms with Crippen molar-refractivity contribution in [3.8, 4) is 0 Å². The zero-order chi connectivity index (χ0) is 16.7. The summed E-state index contributed by atoms with van der Waals surface area (Å²) >= 11 is 0. The highest BCUT2D eigenvalue weighted by Gasteiger charge is 2.21. The van der Waals surface area contributed by atoms with Gasteiger partial charge >= 0.3 is 12.0 Å². The van der Waals surface area contributed by atoms with Gasteiger partial charge in [0.2, 0.25) is 0 Å². The molecule has 1 atom stereocenters. The lowest BCUT2D eigenvalue weighted by molar-refractivity contribution is -0.144. The molecule has 23 heavy (non-hydrogen) atoms. The highest BCUT2D eigenvalue weighted by atomic mass is 16.5. The van der Waals surface area contributed by atoms with E-state index in [0.29, 0.717) is 26.1 Å². The zero-order valence-corrected chi connectivity index (χ0v) is 13.8. The van der Waals surface area contributed by atoms with Crippen molar-refractivity contribution in [3.63, 3.8) is 0 Å². The molecule has 6 nitrogen and oxygen atoms in total. The van der Waals surface area contributed by atoms with Crippen LogP contribution in [-0.2, 0) is 9.53 Å². The summed E-state index contributed by atoms with van der Waals surface area (Å²) < 4.78 is 4.67. The number of benzene rings is 1. The Labute approximate surface area is 137 Å². The van der Waals surface area contributed by atoms with Crippen molar-refractivity contribution in [2.45, 2.75) is 13.3 Å². The van der Waals surface area contributed by atoms with Crippen LogP contribution < -0.4 is 10.2 Å². The molecule has 0 aliphatic carbocycles. The Hall–Kier alpha value is -2.24. The fourth-order valence-corrected chi connectivity index (χ4v) is 2.63. The van der Waals surface area contributed by atoms with E-state index in [1.54, 1.807) is 6.92 Å². The number of para-hydroxylation sites is 1. The van der Waals surface area contributed by atoms with E-state index in [4.69, 9.17) is 0 Å². The number of esters is 1. The van der Waals surface area contributed by atoms with Crippen LogP contribution in [0.3, 0.4) is 0 Å². The number of carbonyl (C=O) groups is 2. The average molecular weight is 319 g/mol. The SMILES string of the molecule is COC(=O)C(C)CCNC(=O)N1CCN(c2ccccc2)CC1. The van der Waals surface area contributed by atoms with Crippen molar-refractivity contribution in [1.82, 2.24) is 10.2 Å². The molecule has 1 heterocycles. The number of urea groups is 1. The zero-order valence-electron chi connectivity index (χ0n) is 13.8. The Morgan fingerprint density at radius 2 is 1.83 bits per heavy atom. The van der Waals surface area contributed by atoms with Crippen LogP contribution in [0.4, 0.5) is 10.5 Å². The third-order valence-electron chi connectivity index (χ3n) is 4.15. The molecule has 0 aromatic heterocycles. The predicted molar refractivity (Wildman–Crippen MR) is 89.4 cm³/mol. The van der Waals surface area contributed by atoms with E-state index in [9.17, 15) is 9.59 Å². The van der Waals surface area contributed by atoms with Crippen LogP contribution in [0.15, 0.2) is 30.3 Å². The lowest BCUT2D eigenvalue weighted by atomic mass is 10.1. The van der Waals surface area contributed by atoms with Crippen LogP contribution in [0.25, 0.3) is 0 Å². The van der Waals surface area contributed by atoms with Gasteiger partial charge in [-0.1, -0.05) is 25.1 Å². The second-order valence-corrected chi connectivity index (χ2v) is 5.75. The number of nitrogens with one attached hydrogen (secondary N) is 1. The number of ether oxygens (including phenoxy) is 1. The van der Waals surface area contributed by atoms with Crippen LogP contribution in [0.5, 0.6) is 0 Å². The molecule has 6 heteroatoms. The molecular formula is C17H25N3O3. The van der Waals surface area contributed by atoms with Gasteiger partial charge in [0, 0.05) is 38.4 Å². The molecule has 0 radical (unpaired) electrons. The summed E-state index contributed by atoms with van der Waals surface area (Å²) in [7, 11) is 1.38. The first-order valence-corrected chi connectivity index (χ1v) is 8.02. The predicted octanol–water partition coefficient (Wildman–Crippen LogP) is 1.72. The van der Waals surface area contributed by atoms with E-state index in [-0.39, 0.29) is 17.9 Å². The van der Waals surface area contributed by atoms with Crippen molar-refractivity contribution in [2.24, 2.45) is 5.92 Å². The summed E-state index contributed by atoms with van der Waals surface area (Å²) in [5.74, 6) is -0.439. The maximum atomic E-state index is 12.1. The third-order valence-corrected chi connectivity index (χ3v) is 4.15. The minimum Gasteiger partial charge on any atom is -0.469 e. The lowest BCUT2D eigenvalue weighted by Gasteiger charge is -2.36. The summed E-state index contributed by atoms with van der Waals surface area (Å²) in [4.78, 5) is 27.6. The van der Waals surface area contributed by atoms with E-state index in [1.807, 2.05) is 23.1 Å². The molecule has 126 valence electrons. The molecule has 1 aromatic rings. The largest absolute Gasteiger partial charge is 0.469 e. The third kappa shape index (κ3) is 4.87. The van der Waals surface area contributed by atoms with Crippen LogP contribution in [0.2, 0.25) is 0 Å². The van der Waals surface area contributed by atoms with Gasteiger partial charge in [0.15, 0.2) is 0 Å². The lowest BCUT2D eigenvalue weighted by Crippen LogP contribution is -2.52. The van der Waals surface area contributed by atoms with Crippen molar-refractivity contribution in [1.29, 1.82) is 0 Å². The number of piperazine rings is 1. The molecule has 1 saturated heterocycles. The standard InChI is InChI=1S/C17H25N3O3/c1-14(16(21)23-2)8-9-18-17(22)20-12-10-19(11-13-20)15-6-4-3-5-7-15/h3-7,14H,8-13H2,1-2H3,(H,18,22). The highest BCUT2D eigenvalue weighted by molar-refractivity contribution is 5.75. The molecule has 1 aliphatic heterocycles. The Bertz CT molecular complexity index is 513. The minimum atomic E-state index is -0.240. The first kappa shape index (κ1) is 17.1. The monoisotopic (exact) mass is 319 g/mol. The fourth-order valence-electron chi connectivity index (χ4n) is 2.63. The average Bonchev–Trinajstić information content (AvgIpc) is 2.61. The van der Waals surface area contributed by atoms with E-state index in [1.165, 1.54) is 12.8 Å². The molecule has 1 N–H and O–H groups in total. The molecular weight excluding hydrogens is 294 g/mol. The van der Waals surface area contributed by atoms with Crippen LogP contribution in [0, 0.1) is 5.92 Å². The van der Waals surface area contributed by atoms with E-state index in [0.717, 1.165) is 13.1 Å². The maximum Gasteiger partial charge on any atom is 0.317 e. The topological polar surface area (TPSA) is 61.9 Å². The maximum absolute atomic E-state index is 12.1. The fraction of sp³-hybridized carbons (Fsp3) is 0.529. The Morgan fingerprint density at radius 3 is 2.43 bits per heavy atom. The molecule has 1 fully saturated rings. The molecule has 1 unspecified atom stereocenters. The van der Waals surface area contributed by atoms with Crippen LogP contribution in [0.1, 0.15) is 13.3 Å². The minimum absolute atomic E-state index is 0.0604. The summed E-state index contributed by atoms with van der Waals surface area (Å²) in [5, 5.41) is 2.88. The van der Waals surface area contributed by atoms with Gasteiger partial charge < -0.3 is 19.9 Å². The highest BCUT2D eigenvalue weighted by Crippen LogP contribution is 2.15. The van der Waals surface area contributed by atoms with Gasteiger partial charge in [0.25, 0.3) is 0 Å². The van der Waals surface area contributed by atoms with E-state index in [2.05, 4.69) is 27.1 Å². The number of carbonyl (C=O) groups excluding carboxylic acids is 2. The summed E-state index contributed by atoms with van der Waals surface area (Å²) in [6.07, 6.45) is 0.586. The van der Waals surface area contributed by atoms with Crippen molar-refractivity contribution in [2.75, 3.05) is 44.7 Å². The number of anilines is 1. The van der Waals surface area contributed by atoms with Gasteiger partial charge in [-0.2, -0.15) is 0 Å². The summed E-state index contributed by atoms with van der Waals surface area (Å²) in [6, 6.07) is 10.2. The van der Waals surface area contributed by atoms with Gasteiger partial charge in [-0.15, -0.1) is 0 Å². The van der Waals surface area contributed by atoms with Crippen LogP contribution >= 0.6 is 0 Å². The van der Waals surface area contributed by atoms with E-state index >= 15 is 0 Å².